The molecule has 0 bridgehead atoms. The maximum Gasteiger partial charge on any atom is 0.226 e. The van der Waals surface area contributed by atoms with Crippen molar-refractivity contribution >= 4 is 17.5 Å². The van der Waals surface area contributed by atoms with Crippen LogP contribution >= 0.6 is 0 Å². The van der Waals surface area contributed by atoms with Gasteiger partial charge in [0.15, 0.2) is 0 Å². The lowest BCUT2D eigenvalue weighted by atomic mass is 9.96. The van der Waals surface area contributed by atoms with Crippen molar-refractivity contribution in [1.29, 1.82) is 0 Å². The molecular formula is C15H22N2O2. The van der Waals surface area contributed by atoms with Gasteiger partial charge >= 0.3 is 0 Å². The average Bonchev–Trinajstić information content (AvgIpc) is 2.31. The quantitative estimate of drug-likeness (QED) is 0.875. The molecule has 104 valence electrons. The summed E-state index contributed by atoms with van der Waals surface area (Å²) in [4.78, 5) is 23.3. The van der Waals surface area contributed by atoms with Crippen LogP contribution in [0.4, 0.5) is 5.69 Å². The Morgan fingerprint density at radius 1 is 1.11 bits per heavy atom. The maximum absolute atomic E-state index is 11.7. The zero-order valence-corrected chi connectivity index (χ0v) is 12.0. The fourth-order valence-corrected chi connectivity index (χ4v) is 1.42. The Morgan fingerprint density at radius 2 is 1.68 bits per heavy atom. The second kappa shape index (κ2) is 6.36. The fraction of sp³-hybridized carbons (Fsp3) is 0.467. The molecule has 0 saturated carbocycles. The van der Waals surface area contributed by atoms with Gasteiger partial charge in [0.1, 0.15) is 0 Å². The van der Waals surface area contributed by atoms with E-state index >= 15 is 0 Å². The zero-order chi connectivity index (χ0) is 14.5. The minimum Gasteiger partial charge on any atom is -0.355 e. The lowest BCUT2D eigenvalue weighted by Crippen LogP contribution is -2.36. The number of amides is 2. The lowest BCUT2D eigenvalue weighted by molar-refractivity contribution is -0.128. The standard InChI is InChI=1S/C15H22N2O2/c1-11-5-7-12(8-6-11)17-13(18)9-10-16-14(19)15(2,3)4/h5-8H,9-10H2,1-4H3,(H,16,19)(H,17,18). The summed E-state index contributed by atoms with van der Waals surface area (Å²) in [6.45, 7) is 7.87. The molecule has 0 aromatic heterocycles. The Labute approximate surface area is 114 Å². The van der Waals surface area contributed by atoms with Crippen molar-refractivity contribution < 1.29 is 9.59 Å². The monoisotopic (exact) mass is 262 g/mol. The molecule has 19 heavy (non-hydrogen) atoms. The summed E-state index contributed by atoms with van der Waals surface area (Å²) in [6, 6.07) is 7.61. The molecule has 4 heteroatoms. The predicted octanol–water partition coefficient (Wildman–Crippen LogP) is 2.49. The van der Waals surface area contributed by atoms with Crippen LogP contribution in [-0.4, -0.2) is 18.4 Å². The average molecular weight is 262 g/mol. The van der Waals surface area contributed by atoms with Crippen LogP contribution in [0.1, 0.15) is 32.8 Å². The molecule has 0 atom stereocenters. The summed E-state index contributed by atoms with van der Waals surface area (Å²) in [5.41, 5.74) is 1.50. The highest BCUT2D eigenvalue weighted by molar-refractivity contribution is 5.91. The van der Waals surface area contributed by atoms with Gasteiger partial charge in [0.25, 0.3) is 0 Å². The van der Waals surface area contributed by atoms with E-state index in [2.05, 4.69) is 10.6 Å². The number of anilines is 1. The number of nitrogens with one attached hydrogen (secondary N) is 2. The second-order valence-corrected chi connectivity index (χ2v) is 5.67. The molecule has 0 unspecified atom stereocenters. The highest BCUT2D eigenvalue weighted by atomic mass is 16.2. The van der Waals surface area contributed by atoms with Crippen molar-refractivity contribution in [3.63, 3.8) is 0 Å². The molecule has 4 nitrogen and oxygen atoms in total. The number of hydrogen-bond acceptors (Lipinski definition) is 2. The van der Waals surface area contributed by atoms with Crippen LogP contribution in [0.2, 0.25) is 0 Å². The van der Waals surface area contributed by atoms with E-state index in [1.165, 1.54) is 0 Å². The highest BCUT2D eigenvalue weighted by Gasteiger charge is 2.20. The van der Waals surface area contributed by atoms with Crippen molar-refractivity contribution in [3.8, 4) is 0 Å². The Bertz CT molecular complexity index is 444. The summed E-state index contributed by atoms with van der Waals surface area (Å²) >= 11 is 0. The fourth-order valence-electron chi connectivity index (χ4n) is 1.42. The van der Waals surface area contributed by atoms with Gasteiger partial charge in [-0.15, -0.1) is 0 Å². The third-order valence-corrected chi connectivity index (χ3v) is 2.65. The summed E-state index contributed by atoms with van der Waals surface area (Å²) in [7, 11) is 0. The van der Waals surface area contributed by atoms with Gasteiger partial charge in [-0.25, -0.2) is 0 Å². The first kappa shape index (κ1) is 15.2. The van der Waals surface area contributed by atoms with Crippen molar-refractivity contribution in [2.24, 2.45) is 5.41 Å². The molecule has 0 fully saturated rings. The smallest absolute Gasteiger partial charge is 0.226 e. The van der Waals surface area contributed by atoms with Gasteiger partial charge in [-0.2, -0.15) is 0 Å². The van der Waals surface area contributed by atoms with E-state index in [0.29, 0.717) is 6.54 Å². The number of rotatable bonds is 4. The summed E-state index contributed by atoms with van der Waals surface area (Å²) < 4.78 is 0. The van der Waals surface area contributed by atoms with E-state index < -0.39 is 5.41 Å². The van der Waals surface area contributed by atoms with Gasteiger partial charge in [-0.3, -0.25) is 9.59 Å². The summed E-state index contributed by atoms with van der Waals surface area (Å²) in [5.74, 6) is -0.145. The highest BCUT2D eigenvalue weighted by Crippen LogP contribution is 2.12. The van der Waals surface area contributed by atoms with E-state index in [4.69, 9.17) is 0 Å². The van der Waals surface area contributed by atoms with Crippen molar-refractivity contribution in [1.82, 2.24) is 5.32 Å². The van der Waals surface area contributed by atoms with Crippen LogP contribution in [0.15, 0.2) is 24.3 Å². The molecule has 0 aliphatic rings. The van der Waals surface area contributed by atoms with Crippen LogP contribution in [0.3, 0.4) is 0 Å². The number of aryl methyl sites for hydroxylation is 1. The van der Waals surface area contributed by atoms with Gasteiger partial charge in [0.2, 0.25) is 11.8 Å². The van der Waals surface area contributed by atoms with E-state index in [1.807, 2.05) is 52.0 Å². The normalized spacial score (nSPS) is 10.9. The van der Waals surface area contributed by atoms with Gasteiger partial charge in [0, 0.05) is 24.1 Å². The topological polar surface area (TPSA) is 58.2 Å². The number of carbonyl (C=O) groups excluding carboxylic acids is 2. The minimum absolute atomic E-state index is 0.0457. The molecule has 0 saturated heterocycles. The molecule has 1 rings (SSSR count). The number of benzene rings is 1. The maximum atomic E-state index is 11.7. The van der Waals surface area contributed by atoms with Crippen molar-refractivity contribution in [3.05, 3.63) is 29.8 Å². The third kappa shape index (κ3) is 5.55. The zero-order valence-electron chi connectivity index (χ0n) is 12.0. The largest absolute Gasteiger partial charge is 0.355 e. The number of carbonyl (C=O) groups is 2. The first-order valence-electron chi connectivity index (χ1n) is 6.44. The van der Waals surface area contributed by atoms with E-state index in [0.717, 1.165) is 11.3 Å². The first-order chi connectivity index (χ1) is 8.79. The molecule has 2 N–H and O–H groups in total. The number of hydrogen-bond donors (Lipinski definition) is 2. The summed E-state index contributed by atoms with van der Waals surface area (Å²) in [6.07, 6.45) is 0.274. The van der Waals surface area contributed by atoms with Gasteiger partial charge in [-0.05, 0) is 19.1 Å². The minimum atomic E-state index is -0.423. The molecule has 0 aliphatic heterocycles. The van der Waals surface area contributed by atoms with Crippen LogP contribution < -0.4 is 10.6 Å². The summed E-state index contributed by atoms with van der Waals surface area (Å²) in [5, 5.41) is 5.54. The van der Waals surface area contributed by atoms with E-state index in [-0.39, 0.29) is 18.2 Å². The molecule has 2 amide bonds. The van der Waals surface area contributed by atoms with Crippen LogP contribution in [0.25, 0.3) is 0 Å². The Balaban J connectivity index is 2.33. The van der Waals surface area contributed by atoms with Crippen molar-refractivity contribution in [2.45, 2.75) is 34.1 Å². The molecule has 0 aliphatic carbocycles. The van der Waals surface area contributed by atoms with Crippen LogP contribution in [0, 0.1) is 12.3 Å². The molecule has 0 heterocycles. The SMILES string of the molecule is Cc1ccc(NC(=O)CCNC(=O)C(C)(C)C)cc1. The molecule has 1 aromatic rings. The Hall–Kier alpha value is -1.84. The van der Waals surface area contributed by atoms with Gasteiger partial charge in [0.05, 0.1) is 0 Å². The van der Waals surface area contributed by atoms with Gasteiger partial charge in [-0.1, -0.05) is 38.5 Å². The molecule has 1 aromatic carbocycles. The Morgan fingerprint density at radius 3 is 2.21 bits per heavy atom. The molecular weight excluding hydrogens is 240 g/mol. The van der Waals surface area contributed by atoms with Crippen LogP contribution in [-0.2, 0) is 9.59 Å². The Kier molecular flexibility index (Phi) is 5.10. The van der Waals surface area contributed by atoms with E-state index in [1.54, 1.807) is 0 Å². The molecule has 0 spiro atoms. The third-order valence-electron chi connectivity index (χ3n) is 2.65. The van der Waals surface area contributed by atoms with Crippen molar-refractivity contribution in [2.75, 3.05) is 11.9 Å². The lowest BCUT2D eigenvalue weighted by Gasteiger charge is -2.17. The predicted molar refractivity (Wildman–Crippen MR) is 76.9 cm³/mol. The molecule has 0 radical (unpaired) electrons. The van der Waals surface area contributed by atoms with Crippen LogP contribution in [0.5, 0.6) is 0 Å². The second-order valence-electron chi connectivity index (χ2n) is 5.67. The van der Waals surface area contributed by atoms with E-state index in [9.17, 15) is 9.59 Å². The first-order valence-corrected chi connectivity index (χ1v) is 6.44. The van der Waals surface area contributed by atoms with Gasteiger partial charge < -0.3 is 10.6 Å².